The molecule has 0 atom stereocenters. The van der Waals surface area contributed by atoms with Crippen molar-refractivity contribution >= 4 is 23.6 Å². The van der Waals surface area contributed by atoms with E-state index in [9.17, 15) is 9.59 Å². The summed E-state index contributed by atoms with van der Waals surface area (Å²) in [6, 6.07) is 8.03. The zero-order chi connectivity index (χ0) is 17.8. The van der Waals surface area contributed by atoms with Gasteiger partial charge in [0.1, 0.15) is 0 Å². The number of nitrogens with zero attached hydrogens (tertiary/aromatic N) is 3. The van der Waals surface area contributed by atoms with Gasteiger partial charge in [0, 0.05) is 18.7 Å². The lowest BCUT2D eigenvalue weighted by Crippen LogP contribution is -2.39. The van der Waals surface area contributed by atoms with Gasteiger partial charge in [0.15, 0.2) is 0 Å². The molecule has 0 radical (unpaired) electrons. The molecule has 0 spiro atoms. The van der Waals surface area contributed by atoms with Crippen molar-refractivity contribution in [3.63, 3.8) is 0 Å². The highest BCUT2D eigenvalue weighted by atomic mass is 32.2. The largest absolute Gasteiger partial charge is 0.411 e. The number of nitrogens with one attached hydrogen (secondary N) is 1. The smallest absolute Gasteiger partial charge is 0.277 e. The minimum absolute atomic E-state index is 0.0637. The number of rotatable bonds is 7. The van der Waals surface area contributed by atoms with Crippen LogP contribution in [0.5, 0.6) is 0 Å². The molecular formula is C17H20N4O3S. The predicted molar refractivity (Wildman–Crippen MR) is 94.0 cm³/mol. The number of amides is 2. The van der Waals surface area contributed by atoms with Crippen LogP contribution in [-0.4, -0.2) is 52.3 Å². The third-order valence-electron chi connectivity index (χ3n) is 3.85. The Bertz CT molecular complexity index is 773. The number of hydrogen-bond acceptors (Lipinski definition) is 6. The van der Waals surface area contributed by atoms with Gasteiger partial charge in [0.05, 0.1) is 12.3 Å². The van der Waals surface area contributed by atoms with Crippen LogP contribution in [-0.2, 0) is 9.59 Å². The average Bonchev–Trinajstić information content (AvgIpc) is 3.27. The maximum atomic E-state index is 12.1. The van der Waals surface area contributed by atoms with E-state index >= 15 is 0 Å². The molecule has 1 aliphatic rings. The Morgan fingerprint density at radius 1 is 1.32 bits per heavy atom. The van der Waals surface area contributed by atoms with Crippen LogP contribution in [0.4, 0.5) is 0 Å². The fourth-order valence-corrected chi connectivity index (χ4v) is 2.93. The lowest BCUT2D eigenvalue weighted by Gasteiger charge is -2.15. The lowest BCUT2D eigenvalue weighted by molar-refractivity contribution is -0.132. The summed E-state index contributed by atoms with van der Waals surface area (Å²) in [5.74, 6) is 0.294. The number of thioether (sulfide) groups is 1. The number of aromatic nitrogens is 2. The van der Waals surface area contributed by atoms with Crippen LogP contribution in [0, 0.1) is 6.92 Å². The van der Waals surface area contributed by atoms with Crippen molar-refractivity contribution in [1.82, 2.24) is 20.4 Å². The van der Waals surface area contributed by atoms with Gasteiger partial charge in [-0.25, -0.2) is 0 Å². The number of hydrogen-bond donors (Lipinski definition) is 1. The third-order valence-corrected chi connectivity index (χ3v) is 4.65. The van der Waals surface area contributed by atoms with E-state index in [2.05, 4.69) is 15.5 Å². The number of likely N-dealkylation sites (N-methyl/N-ethyl adjacent to an activating group) is 1. The first-order valence-corrected chi connectivity index (χ1v) is 9.07. The van der Waals surface area contributed by atoms with Crippen LogP contribution < -0.4 is 5.32 Å². The van der Waals surface area contributed by atoms with E-state index in [1.54, 1.807) is 7.05 Å². The molecule has 0 bridgehead atoms. The van der Waals surface area contributed by atoms with Gasteiger partial charge >= 0.3 is 0 Å². The van der Waals surface area contributed by atoms with E-state index in [4.69, 9.17) is 4.42 Å². The quantitative estimate of drug-likeness (QED) is 0.759. The van der Waals surface area contributed by atoms with Gasteiger partial charge in [-0.1, -0.05) is 30.0 Å². The molecule has 1 fully saturated rings. The minimum atomic E-state index is -0.161. The zero-order valence-electron chi connectivity index (χ0n) is 14.2. The number of benzene rings is 1. The molecule has 1 aliphatic carbocycles. The van der Waals surface area contributed by atoms with E-state index in [0.29, 0.717) is 17.2 Å². The Hall–Kier alpha value is -2.35. The third kappa shape index (κ3) is 4.82. The molecule has 1 N–H and O–H groups in total. The SMILES string of the molecule is Cc1ccccc1-c1nnc(SCC(=O)N(C)CC(=O)NC2CC2)o1. The van der Waals surface area contributed by atoms with Crippen molar-refractivity contribution in [2.24, 2.45) is 0 Å². The summed E-state index contributed by atoms with van der Waals surface area (Å²) >= 11 is 1.17. The molecule has 7 nitrogen and oxygen atoms in total. The summed E-state index contributed by atoms with van der Waals surface area (Å²) in [6.45, 7) is 2.03. The summed E-state index contributed by atoms with van der Waals surface area (Å²) in [5, 5.41) is 11.2. The van der Waals surface area contributed by atoms with Gasteiger partial charge in [0.25, 0.3) is 5.22 Å². The van der Waals surface area contributed by atoms with E-state index in [1.807, 2.05) is 31.2 Å². The molecule has 1 saturated carbocycles. The van der Waals surface area contributed by atoms with E-state index in [-0.39, 0.29) is 24.1 Å². The first-order chi connectivity index (χ1) is 12.0. The predicted octanol–water partition coefficient (Wildman–Crippen LogP) is 1.87. The molecule has 2 aromatic rings. The number of carbonyl (C=O) groups is 2. The Kier molecular flexibility index (Phi) is 5.37. The van der Waals surface area contributed by atoms with Gasteiger partial charge in [-0.05, 0) is 31.4 Å². The standard InChI is InChI=1S/C17H20N4O3S/c1-11-5-3-4-6-13(11)16-19-20-17(24-16)25-10-15(23)21(2)9-14(22)18-12-7-8-12/h3-6,12H,7-10H2,1-2H3,(H,18,22). The van der Waals surface area contributed by atoms with Gasteiger partial charge in [-0.2, -0.15) is 0 Å². The van der Waals surface area contributed by atoms with Gasteiger partial charge in [-0.3, -0.25) is 9.59 Å². The van der Waals surface area contributed by atoms with Crippen LogP contribution in [0.3, 0.4) is 0 Å². The van der Waals surface area contributed by atoms with Crippen molar-refractivity contribution in [3.05, 3.63) is 29.8 Å². The van der Waals surface area contributed by atoms with Gasteiger partial charge in [-0.15, -0.1) is 10.2 Å². The van der Waals surface area contributed by atoms with Crippen LogP contribution in [0.15, 0.2) is 33.9 Å². The van der Waals surface area contributed by atoms with Crippen molar-refractivity contribution in [2.45, 2.75) is 31.0 Å². The van der Waals surface area contributed by atoms with Crippen LogP contribution in [0.2, 0.25) is 0 Å². The topological polar surface area (TPSA) is 88.3 Å². The van der Waals surface area contributed by atoms with Crippen LogP contribution >= 0.6 is 11.8 Å². The lowest BCUT2D eigenvalue weighted by atomic mass is 10.1. The molecule has 2 amide bonds. The zero-order valence-corrected chi connectivity index (χ0v) is 15.0. The molecule has 25 heavy (non-hydrogen) atoms. The molecule has 1 aromatic carbocycles. The van der Waals surface area contributed by atoms with Crippen molar-refractivity contribution < 1.29 is 14.0 Å². The normalized spacial score (nSPS) is 13.5. The highest BCUT2D eigenvalue weighted by molar-refractivity contribution is 7.99. The van der Waals surface area contributed by atoms with Crippen LogP contribution in [0.1, 0.15) is 18.4 Å². The molecule has 3 rings (SSSR count). The second-order valence-corrected chi connectivity index (χ2v) is 6.99. The van der Waals surface area contributed by atoms with E-state index < -0.39 is 0 Å². The maximum absolute atomic E-state index is 12.1. The average molecular weight is 360 g/mol. The summed E-state index contributed by atoms with van der Waals surface area (Å²) in [4.78, 5) is 25.2. The second kappa shape index (κ2) is 7.69. The van der Waals surface area contributed by atoms with Gasteiger partial charge in [0.2, 0.25) is 17.7 Å². The van der Waals surface area contributed by atoms with Crippen molar-refractivity contribution in [2.75, 3.05) is 19.3 Å². The fraction of sp³-hybridized carbons (Fsp3) is 0.412. The highest BCUT2D eigenvalue weighted by Crippen LogP contribution is 2.25. The second-order valence-electron chi connectivity index (χ2n) is 6.07. The summed E-state index contributed by atoms with van der Waals surface area (Å²) in [5.41, 5.74) is 1.92. The summed E-state index contributed by atoms with van der Waals surface area (Å²) in [6.07, 6.45) is 2.05. The molecule has 0 saturated heterocycles. The van der Waals surface area contributed by atoms with Gasteiger partial charge < -0.3 is 14.6 Å². The Balaban J connectivity index is 1.50. The fourth-order valence-electron chi connectivity index (χ4n) is 2.23. The molecule has 0 aliphatic heterocycles. The van der Waals surface area contributed by atoms with Crippen molar-refractivity contribution in [3.8, 4) is 11.5 Å². The molecule has 1 aromatic heterocycles. The van der Waals surface area contributed by atoms with Crippen molar-refractivity contribution in [1.29, 1.82) is 0 Å². The molecule has 1 heterocycles. The Morgan fingerprint density at radius 3 is 2.80 bits per heavy atom. The van der Waals surface area contributed by atoms with E-state index in [0.717, 1.165) is 24.0 Å². The first kappa shape index (κ1) is 17.5. The van der Waals surface area contributed by atoms with E-state index in [1.165, 1.54) is 16.7 Å². The number of aryl methyl sites for hydroxylation is 1. The summed E-state index contributed by atoms with van der Waals surface area (Å²) in [7, 11) is 1.61. The molecule has 132 valence electrons. The molecule has 8 heteroatoms. The first-order valence-electron chi connectivity index (χ1n) is 8.08. The summed E-state index contributed by atoms with van der Waals surface area (Å²) < 4.78 is 5.61. The Morgan fingerprint density at radius 2 is 2.08 bits per heavy atom. The maximum Gasteiger partial charge on any atom is 0.277 e. The number of carbonyl (C=O) groups excluding carboxylic acids is 2. The molecule has 0 unspecified atom stereocenters. The van der Waals surface area contributed by atoms with Crippen LogP contribution in [0.25, 0.3) is 11.5 Å². The Labute approximate surface area is 150 Å². The monoisotopic (exact) mass is 360 g/mol. The highest BCUT2D eigenvalue weighted by Gasteiger charge is 2.24. The minimum Gasteiger partial charge on any atom is -0.411 e. The molecular weight excluding hydrogens is 340 g/mol.